The molecule has 0 fully saturated rings. The van der Waals surface area contributed by atoms with Crippen molar-refractivity contribution >= 4 is 50.5 Å². The van der Waals surface area contributed by atoms with Crippen LogP contribution in [0.15, 0.2) is 74.9 Å². The van der Waals surface area contributed by atoms with Crippen molar-refractivity contribution in [2.24, 2.45) is 5.10 Å². The molecule has 0 N–H and O–H groups in total. The van der Waals surface area contributed by atoms with E-state index in [-0.39, 0.29) is 6.04 Å². The Hall–Kier alpha value is -1.75. The topological polar surface area (TPSA) is 28.7 Å². The van der Waals surface area contributed by atoms with Crippen molar-refractivity contribution in [3.63, 3.8) is 0 Å². The molecule has 0 unspecified atom stereocenters. The van der Waals surface area contributed by atoms with Gasteiger partial charge in [-0.05, 0) is 48.0 Å². The Morgan fingerprint density at radius 2 is 1.84 bits per heavy atom. The third-order valence-corrected chi connectivity index (χ3v) is 5.39. The minimum Gasteiger partial charge on any atom is -0.467 e. The van der Waals surface area contributed by atoms with Crippen LogP contribution < -0.4 is 5.01 Å². The molecule has 6 heteroatoms. The van der Waals surface area contributed by atoms with Crippen LogP contribution in [0.5, 0.6) is 0 Å². The highest BCUT2D eigenvalue weighted by molar-refractivity contribution is 9.10. The number of benzene rings is 2. The van der Waals surface area contributed by atoms with E-state index in [1.54, 1.807) is 12.3 Å². The van der Waals surface area contributed by atoms with Crippen LogP contribution in [-0.4, -0.2) is 5.71 Å². The molecule has 1 aliphatic rings. The van der Waals surface area contributed by atoms with Crippen LogP contribution in [0.4, 0.5) is 5.69 Å². The van der Waals surface area contributed by atoms with Crippen LogP contribution in [0.2, 0.25) is 10.0 Å². The smallest absolute Gasteiger partial charge is 0.128 e. The molecule has 126 valence electrons. The highest BCUT2D eigenvalue weighted by Gasteiger charge is 2.32. The van der Waals surface area contributed by atoms with Gasteiger partial charge < -0.3 is 4.42 Å². The Bertz CT molecular complexity index is 923. The number of rotatable bonds is 3. The number of anilines is 1. The summed E-state index contributed by atoms with van der Waals surface area (Å²) in [5.41, 5.74) is 2.96. The van der Waals surface area contributed by atoms with Gasteiger partial charge in [0.05, 0.1) is 27.7 Å². The zero-order valence-electron chi connectivity index (χ0n) is 13.0. The molecular formula is C19H13BrCl2N2O. The van der Waals surface area contributed by atoms with Gasteiger partial charge in [-0.25, -0.2) is 0 Å². The van der Waals surface area contributed by atoms with Crippen LogP contribution in [0.1, 0.15) is 23.8 Å². The molecule has 0 amide bonds. The van der Waals surface area contributed by atoms with Crippen molar-refractivity contribution in [3.8, 4) is 0 Å². The van der Waals surface area contributed by atoms with Crippen LogP contribution in [0.25, 0.3) is 0 Å². The number of hydrogen-bond acceptors (Lipinski definition) is 3. The lowest BCUT2D eigenvalue weighted by molar-refractivity contribution is 0.465. The summed E-state index contributed by atoms with van der Waals surface area (Å²) < 4.78 is 6.69. The fraction of sp³-hybridized carbons (Fsp3) is 0.105. The van der Waals surface area contributed by atoms with Gasteiger partial charge in [0, 0.05) is 10.9 Å². The summed E-state index contributed by atoms with van der Waals surface area (Å²) in [6.45, 7) is 0. The first kappa shape index (κ1) is 16.7. The fourth-order valence-electron chi connectivity index (χ4n) is 2.90. The summed E-state index contributed by atoms with van der Waals surface area (Å²) in [5.74, 6) is 0.863. The number of nitrogens with zero attached hydrogens (tertiary/aromatic N) is 2. The Morgan fingerprint density at radius 3 is 2.52 bits per heavy atom. The lowest BCUT2D eigenvalue weighted by Gasteiger charge is -2.22. The predicted octanol–water partition coefficient (Wildman–Crippen LogP) is 6.70. The average Bonchev–Trinajstić information content (AvgIpc) is 3.27. The lowest BCUT2D eigenvalue weighted by Crippen LogP contribution is -2.17. The second-order valence-corrected chi connectivity index (χ2v) is 7.46. The van der Waals surface area contributed by atoms with Gasteiger partial charge in [0.25, 0.3) is 0 Å². The molecule has 0 spiro atoms. The molecular weight excluding hydrogens is 423 g/mol. The Kier molecular flexibility index (Phi) is 4.59. The van der Waals surface area contributed by atoms with Gasteiger partial charge in [0.1, 0.15) is 11.8 Å². The quantitative estimate of drug-likeness (QED) is 0.457. The van der Waals surface area contributed by atoms with E-state index in [1.165, 1.54) is 0 Å². The van der Waals surface area contributed by atoms with Crippen molar-refractivity contribution in [1.29, 1.82) is 0 Å². The van der Waals surface area contributed by atoms with Crippen molar-refractivity contribution in [3.05, 3.63) is 86.7 Å². The summed E-state index contributed by atoms with van der Waals surface area (Å²) in [4.78, 5) is 0. The molecule has 1 aromatic heterocycles. The number of furan rings is 1. The molecule has 0 bridgehead atoms. The van der Waals surface area contributed by atoms with Gasteiger partial charge in [-0.1, -0.05) is 51.3 Å². The maximum absolute atomic E-state index is 6.20. The highest BCUT2D eigenvalue weighted by atomic mass is 79.9. The number of hydrazone groups is 1. The molecule has 0 radical (unpaired) electrons. The van der Waals surface area contributed by atoms with Crippen molar-refractivity contribution in [2.45, 2.75) is 12.5 Å². The predicted molar refractivity (Wildman–Crippen MR) is 106 cm³/mol. The molecule has 4 rings (SSSR count). The first-order valence-electron chi connectivity index (χ1n) is 7.73. The van der Waals surface area contributed by atoms with Crippen LogP contribution in [0.3, 0.4) is 0 Å². The summed E-state index contributed by atoms with van der Waals surface area (Å²) in [6, 6.07) is 17.5. The normalized spacial score (nSPS) is 17.0. The van der Waals surface area contributed by atoms with Crippen LogP contribution in [-0.2, 0) is 0 Å². The second-order valence-electron chi connectivity index (χ2n) is 5.73. The fourth-order valence-corrected chi connectivity index (χ4v) is 3.45. The lowest BCUT2D eigenvalue weighted by atomic mass is 10.0. The van der Waals surface area contributed by atoms with Crippen LogP contribution >= 0.6 is 39.1 Å². The summed E-state index contributed by atoms with van der Waals surface area (Å²) >= 11 is 15.7. The molecule has 0 saturated carbocycles. The molecule has 3 aromatic rings. The SMILES string of the molecule is Clc1ccc(N2N=C(c3ccc(Br)cc3)C[C@H]2c2ccco2)cc1Cl. The maximum atomic E-state index is 6.20. The minimum atomic E-state index is -0.0223. The molecule has 0 aliphatic carbocycles. The van der Waals surface area contributed by atoms with Gasteiger partial charge in [0.15, 0.2) is 0 Å². The Labute approximate surface area is 164 Å². The summed E-state index contributed by atoms with van der Waals surface area (Å²) in [6.07, 6.45) is 2.43. The van der Waals surface area contributed by atoms with E-state index in [1.807, 2.05) is 41.4 Å². The first-order valence-corrected chi connectivity index (χ1v) is 9.28. The Balaban J connectivity index is 1.75. The molecule has 25 heavy (non-hydrogen) atoms. The monoisotopic (exact) mass is 434 g/mol. The summed E-state index contributed by atoms with van der Waals surface area (Å²) in [7, 11) is 0. The largest absolute Gasteiger partial charge is 0.467 e. The van der Waals surface area contributed by atoms with E-state index in [2.05, 4.69) is 28.1 Å². The van der Waals surface area contributed by atoms with E-state index in [9.17, 15) is 0 Å². The first-order chi connectivity index (χ1) is 12.1. The van der Waals surface area contributed by atoms with Gasteiger partial charge >= 0.3 is 0 Å². The second kappa shape index (κ2) is 6.87. The zero-order chi connectivity index (χ0) is 17.4. The third-order valence-electron chi connectivity index (χ3n) is 4.13. The van der Waals surface area contributed by atoms with E-state index >= 15 is 0 Å². The number of hydrogen-bond donors (Lipinski definition) is 0. The van der Waals surface area contributed by atoms with E-state index < -0.39 is 0 Å². The molecule has 2 aromatic carbocycles. The zero-order valence-corrected chi connectivity index (χ0v) is 16.1. The molecule has 1 atom stereocenters. The standard InChI is InChI=1S/C19H13BrCl2N2O/c20-13-5-3-12(4-6-13)17-11-18(19-2-1-9-25-19)24(23-17)14-7-8-15(21)16(22)10-14/h1-10,18H,11H2/t18-/m0/s1. The Morgan fingerprint density at radius 1 is 1.04 bits per heavy atom. The van der Waals surface area contributed by atoms with Crippen molar-refractivity contribution in [1.82, 2.24) is 0 Å². The summed E-state index contributed by atoms with van der Waals surface area (Å²) in [5, 5.41) is 7.81. The maximum Gasteiger partial charge on any atom is 0.128 e. The van der Waals surface area contributed by atoms with Crippen LogP contribution in [0, 0.1) is 0 Å². The molecule has 1 aliphatic heterocycles. The average molecular weight is 436 g/mol. The van der Waals surface area contributed by atoms with E-state index in [0.717, 1.165) is 33.6 Å². The van der Waals surface area contributed by atoms with E-state index in [0.29, 0.717) is 10.0 Å². The van der Waals surface area contributed by atoms with Gasteiger partial charge in [0.2, 0.25) is 0 Å². The van der Waals surface area contributed by atoms with E-state index in [4.69, 9.17) is 32.7 Å². The van der Waals surface area contributed by atoms with Gasteiger partial charge in [-0.3, -0.25) is 5.01 Å². The highest BCUT2D eigenvalue weighted by Crippen LogP contribution is 2.38. The molecule has 3 nitrogen and oxygen atoms in total. The minimum absolute atomic E-state index is 0.0223. The van der Waals surface area contributed by atoms with Gasteiger partial charge in [-0.2, -0.15) is 5.10 Å². The molecule has 0 saturated heterocycles. The number of halogens is 3. The van der Waals surface area contributed by atoms with Gasteiger partial charge in [-0.15, -0.1) is 0 Å². The molecule has 2 heterocycles. The van der Waals surface area contributed by atoms with Crippen molar-refractivity contribution < 1.29 is 4.42 Å². The van der Waals surface area contributed by atoms with Crippen molar-refractivity contribution in [2.75, 3.05) is 5.01 Å². The third kappa shape index (κ3) is 3.34.